The largest absolute Gasteiger partial charge is 0.433 e. The normalized spacial score (nSPS) is 30.0. The van der Waals surface area contributed by atoms with Crippen molar-refractivity contribution in [1.82, 2.24) is 9.88 Å². The summed E-state index contributed by atoms with van der Waals surface area (Å²) in [5.74, 6) is 1.99. The molecule has 1 amide bonds. The van der Waals surface area contributed by atoms with Gasteiger partial charge in [-0.15, -0.1) is 0 Å². The van der Waals surface area contributed by atoms with Gasteiger partial charge in [0, 0.05) is 18.8 Å². The summed E-state index contributed by atoms with van der Waals surface area (Å²) in [5, 5.41) is 0. The van der Waals surface area contributed by atoms with Crippen LogP contribution in [0.25, 0.3) is 0 Å². The Morgan fingerprint density at radius 3 is 2.44 bits per heavy atom. The minimum Gasteiger partial charge on any atom is -0.335 e. The monoisotopic (exact) mass is 352 g/mol. The summed E-state index contributed by atoms with van der Waals surface area (Å²) in [5.41, 5.74) is -0.686. The SMILES string of the molecule is O=C(c1ccc(C(F)(F)F)nc1)N1CCC(C2CC2)[C@H]2CCCC[C@H]21. The standard InChI is InChI=1S/C19H23F3N2O/c20-19(21,22)17-8-7-13(11-23-17)18(25)24-10-9-14(12-5-6-12)15-3-1-2-4-16(15)24/h7-8,11-12,14-16H,1-6,9-10H2/t14?,15-,16-/m1/s1. The van der Waals surface area contributed by atoms with Crippen LogP contribution in [0, 0.1) is 17.8 Å². The third kappa shape index (κ3) is 3.27. The first-order chi connectivity index (χ1) is 11.9. The van der Waals surface area contributed by atoms with Gasteiger partial charge in [0.05, 0.1) is 5.56 Å². The summed E-state index contributed by atoms with van der Waals surface area (Å²) in [6.45, 7) is 0.724. The Bertz CT molecular complexity index is 639. The molecule has 0 aromatic carbocycles. The van der Waals surface area contributed by atoms with E-state index in [1.54, 1.807) is 0 Å². The highest BCUT2D eigenvalue weighted by Gasteiger charge is 2.46. The van der Waals surface area contributed by atoms with Crippen molar-refractivity contribution in [2.45, 2.75) is 57.2 Å². The number of aromatic nitrogens is 1. The Labute approximate surface area is 145 Å². The summed E-state index contributed by atoms with van der Waals surface area (Å²) in [4.78, 5) is 18.3. The average molecular weight is 352 g/mol. The molecule has 0 bridgehead atoms. The summed E-state index contributed by atoms with van der Waals surface area (Å²) in [6, 6.07) is 2.42. The van der Waals surface area contributed by atoms with Gasteiger partial charge in [-0.25, -0.2) is 0 Å². The molecule has 3 atom stereocenters. The lowest BCUT2D eigenvalue weighted by Gasteiger charge is -2.48. The van der Waals surface area contributed by atoms with Crippen LogP contribution in [0.3, 0.4) is 0 Å². The Hall–Kier alpha value is -1.59. The molecule has 0 N–H and O–H groups in total. The Morgan fingerprint density at radius 2 is 1.80 bits per heavy atom. The van der Waals surface area contributed by atoms with E-state index in [9.17, 15) is 18.0 Å². The van der Waals surface area contributed by atoms with Crippen LogP contribution in [0.2, 0.25) is 0 Å². The van der Waals surface area contributed by atoms with E-state index in [4.69, 9.17) is 0 Å². The van der Waals surface area contributed by atoms with Gasteiger partial charge < -0.3 is 4.90 Å². The van der Waals surface area contributed by atoms with Crippen LogP contribution in [-0.2, 0) is 6.18 Å². The van der Waals surface area contributed by atoms with Crippen molar-refractivity contribution in [3.8, 4) is 0 Å². The summed E-state index contributed by atoms with van der Waals surface area (Å²) < 4.78 is 38.0. The minimum absolute atomic E-state index is 0.160. The summed E-state index contributed by atoms with van der Waals surface area (Å²) >= 11 is 0. The molecular formula is C19H23F3N2O. The van der Waals surface area contributed by atoms with Crippen molar-refractivity contribution >= 4 is 5.91 Å². The maximum atomic E-state index is 12.9. The maximum absolute atomic E-state index is 12.9. The molecule has 6 heteroatoms. The molecule has 1 aromatic heterocycles. The molecule has 2 heterocycles. The molecule has 1 unspecified atom stereocenters. The Kier molecular flexibility index (Phi) is 4.24. The van der Waals surface area contributed by atoms with Gasteiger partial charge in [-0.3, -0.25) is 9.78 Å². The summed E-state index contributed by atoms with van der Waals surface area (Å²) in [6.07, 6.45) is 4.85. The van der Waals surface area contributed by atoms with E-state index in [1.165, 1.54) is 31.7 Å². The number of amides is 1. The first-order valence-corrected chi connectivity index (χ1v) is 9.29. The van der Waals surface area contributed by atoms with E-state index in [0.29, 0.717) is 5.92 Å². The van der Waals surface area contributed by atoms with E-state index < -0.39 is 11.9 Å². The number of alkyl halides is 3. The number of hydrogen-bond acceptors (Lipinski definition) is 2. The zero-order valence-corrected chi connectivity index (χ0v) is 14.1. The second-order valence-electron chi connectivity index (χ2n) is 7.73. The molecule has 0 spiro atoms. The predicted molar refractivity (Wildman–Crippen MR) is 86.9 cm³/mol. The van der Waals surface area contributed by atoms with Crippen LogP contribution in [0.1, 0.15) is 61.0 Å². The molecule has 3 fully saturated rings. The fourth-order valence-electron chi connectivity index (χ4n) is 4.91. The molecule has 4 rings (SSSR count). The second kappa shape index (κ2) is 6.29. The van der Waals surface area contributed by atoms with E-state index in [0.717, 1.165) is 49.9 Å². The maximum Gasteiger partial charge on any atom is 0.433 e. The highest BCUT2D eigenvalue weighted by atomic mass is 19.4. The van der Waals surface area contributed by atoms with Crippen molar-refractivity contribution in [1.29, 1.82) is 0 Å². The zero-order chi connectivity index (χ0) is 17.6. The third-order valence-corrected chi connectivity index (χ3v) is 6.22. The zero-order valence-electron chi connectivity index (χ0n) is 14.1. The Balaban J connectivity index is 1.53. The number of rotatable bonds is 2. The molecule has 1 saturated heterocycles. The number of pyridine rings is 1. The lowest BCUT2D eigenvalue weighted by atomic mass is 9.70. The van der Waals surface area contributed by atoms with Gasteiger partial charge in [0.2, 0.25) is 0 Å². The van der Waals surface area contributed by atoms with Crippen molar-refractivity contribution in [3.63, 3.8) is 0 Å². The van der Waals surface area contributed by atoms with Gasteiger partial charge in [0.1, 0.15) is 5.69 Å². The van der Waals surface area contributed by atoms with Crippen molar-refractivity contribution in [2.24, 2.45) is 17.8 Å². The number of piperidine rings is 1. The van der Waals surface area contributed by atoms with Gasteiger partial charge in [-0.2, -0.15) is 13.2 Å². The summed E-state index contributed by atoms with van der Waals surface area (Å²) in [7, 11) is 0. The molecule has 3 aliphatic rings. The predicted octanol–water partition coefficient (Wildman–Crippen LogP) is 4.53. The van der Waals surface area contributed by atoms with Crippen LogP contribution < -0.4 is 0 Å². The van der Waals surface area contributed by atoms with Crippen molar-refractivity contribution in [3.05, 3.63) is 29.6 Å². The average Bonchev–Trinajstić information content (AvgIpc) is 3.44. The fraction of sp³-hybridized carbons (Fsp3) is 0.684. The number of fused-ring (bicyclic) bond motifs is 1. The molecule has 1 aromatic rings. The molecule has 1 aliphatic heterocycles. The van der Waals surface area contributed by atoms with Gasteiger partial charge in [0.15, 0.2) is 0 Å². The lowest BCUT2D eigenvalue weighted by molar-refractivity contribution is -0.141. The number of likely N-dealkylation sites (tertiary alicyclic amines) is 1. The molecule has 3 nitrogen and oxygen atoms in total. The van der Waals surface area contributed by atoms with Crippen molar-refractivity contribution in [2.75, 3.05) is 6.54 Å². The van der Waals surface area contributed by atoms with E-state index in [2.05, 4.69) is 4.98 Å². The molecule has 25 heavy (non-hydrogen) atoms. The number of hydrogen-bond donors (Lipinski definition) is 0. The van der Waals surface area contributed by atoms with Gasteiger partial charge >= 0.3 is 6.18 Å². The molecule has 2 saturated carbocycles. The van der Waals surface area contributed by atoms with Gasteiger partial charge in [0.25, 0.3) is 5.91 Å². The van der Waals surface area contributed by atoms with Gasteiger partial charge in [-0.1, -0.05) is 12.8 Å². The highest BCUT2D eigenvalue weighted by molar-refractivity contribution is 5.94. The second-order valence-corrected chi connectivity index (χ2v) is 7.73. The van der Waals surface area contributed by atoms with E-state index in [-0.39, 0.29) is 17.5 Å². The number of carbonyl (C=O) groups excluding carboxylic acids is 1. The number of carbonyl (C=O) groups is 1. The van der Waals surface area contributed by atoms with Crippen molar-refractivity contribution < 1.29 is 18.0 Å². The van der Waals surface area contributed by atoms with Crippen LogP contribution in [0.5, 0.6) is 0 Å². The number of halogens is 3. The fourth-order valence-corrected chi connectivity index (χ4v) is 4.91. The molecule has 136 valence electrons. The number of nitrogens with zero attached hydrogens (tertiary/aromatic N) is 2. The lowest BCUT2D eigenvalue weighted by Crippen LogP contribution is -2.53. The highest BCUT2D eigenvalue weighted by Crippen LogP contribution is 2.50. The smallest absolute Gasteiger partial charge is 0.335 e. The van der Waals surface area contributed by atoms with Crippen LogP contribution in [-0.4, -0.2) is 28.4 Å². The first-order valence-electron chi connectivity index (χ1n) is 9.29. The minimum atomic E-state index is -4.47. The quantitative estimate of drug-likeness (QED) is 0.783. The first kappa shape index (κ1) is 16.9. The van der Waals surface area contributed by atoms with E-state index in [1.807, 2.05) is 4.90 Å². The third-order valence-electron chi connectivity index (χ3n) is 6.22. The topological polar surface area (TPSA) is 33.2 Å². The molecular weight excluding hydrogens is 329 g/mol. The Morgan fingerprint density at radius 1 is 1.04 bits per heavy atom. The molecule has 2 aliphatic carbocycles. The molecule has 0 radical (unpaired) electrons. The van der Waals surface area contributed by atoms with Gasteiger partial charge in [-0.05, 0) is 62.0 Å². The van der Waals surface area contributed by atoms with E-state index >= 15 is 0 Å². The van der Waals surface area contributed by atoms with Crippen LogP contribution in [0.4, 0.5) is 13.2 Å². The van der Waals surface area contributed by atoms with Crippen LogP contribution >= 0.6 is 0 Å². The van der Waals surface area contributed by atoms with Crippen LogP contribution in [0.15, 0.2) is 18.3 Å².